The Hall–Kier alpha value is -2.34. The number of nitrogens with one attached hydrogen (secondary N) is 2. The molecule has 2 heterocycles. The number of aromatic nitrogens is 2. The molecule has 0 bridgehead atoms. The van der Waals surface area contributed by atoms with E-state index in [1.807, 2.05) is 18.5 Å². The van der Waals surface area contributed by atoms with Crippen LogP contribution < -0.4 is 10.6 Å². The zero-order chi connectivity index (χ0) is 17.6. The van der Waals surface area contributed by atoms with Crippen molar-refractivity contribution in [3.05, 3.63) is 47.3 Å². The third-order valence-corrected chi connectivity index (χ3v) is 4.40. The number of amides is 2. The highest BCUT2D eigenvalue weighted by atomic mass is 16.5. The van der Waals surface area contributed by atoms with Gasteiger partial charge in [0.1, 0.15) is 0 Å². The van der Waals surface area contributed by atoms with Gasteiger partial charge in [-0.05, 0) is 56.9 Å². The number of aryl methyl sites for hydroxylation is 2. The van der Waals surface area contributed by atoms with Crippen LogP contribution in [-0.2, 0) is 11.2 Å². The average Bonchev–Trinajstić information content (AvgIpc) is 3.23. The Morgan fingerprint density at radius 1 is 1.28 bits per heavy atom. The molecule has 3 rings (SSSR count). The molecule has 6 nitrogen and oxygen atoms in total. The van der Waals surface area contributed by atoms with Crippen LogP contribution in [-0.4, -0.2) is 41.6 Å². The van der Waals surface area contributed by atoms with Crippen LogP contribution in [0.2, 0.25) is 0 Å². The van der Waals surface area contributed by atoms with E-state index >= 15 is 0 Å². The highest BCUT2D eigenvalue weighted by molar-refractivity contribution is 5.73. The first-order valence-corrected chi connectivity index (χ1v) is 8.88. The first-order valence-electron chi connectivity index (χ1n) is 8.88. The molecule has 1 aromatic carbocycles. The Morgan fingerprint density at radius 2 is 2.08 bits per heavy atom. The Bertz CT molecular complexity index is 703. The fourth-order valence-corrected chi connectivity index (χ4v) is 3.09. The fourth-order valence-electron chi connectivity index (χ4n) is 3.09. The minimum absolute atomic E-state index is 0.130. The van der Waals surface area contributed by atoms with E-state index in [0.29, 0.717) is 13.1 Å². The molecule has 1 atom stereocenters. The van der Waals surface area contributed by atoms with Gasteiger partial charge in [0.25, 0.3) is 0 Å². The van der Waals surface area contributed by atoms with Crippen molar-refractivity contribution < 1.29 is 9.53 Å². The first kappa shape index (κ1) is 17.5. The van der Waals surface area contributed by atoms with Crippen molar-refractivity contribution in [1.82, 2.24) is 20.4 Å². The molecule has 2 aromatic rings. The molecule has 2 amide bonds. The molecule has 0 aliphatic carbocycles. The highest BCUT2D eigenvalue weighted by Crippen LogP contribution is 2.13. The number of nitrogens with zero attached hydrogens (tertiary/aromatic N) is 2. The normalized spacial score (nSPS) is 16.8. The molecular formula is C19H26N4O2. The monoisotopic (exact) mass is 342 g/mol. The summed E-state index contributed by atoms with van der Waals surface area (Å²) in [5.74, 6) is 0. The largest absolute Gasteiger partial charge is 0.376 e. The number of ether oxygens (including phenoxy) is 1. The van der Waals surface area contributed by atoms with E-state index in [9.17, 15) is 4.79 Å². The Morgan fingerprint density at radius 3 is 2.72 bits per heavy atom. The lowest BCUT2D eigenvalue weighted by Gasteiger charge is -2.12. The molecule has 0 saturated carbocycles. The number of rotatable bonds is 6. The number of hydrogen-bond acceptors (Lipinski definition) is 3. The van der Waals surface area contributed by atoms with Crippen molar-refractivity contribution in [2.45, 2.75) is 39.2 Å². The predicted molar refractivity (Wildman–Crippen MR) is 97.1 cm³/mol. The summed E-state index contributed by atoms with van der Waals surface area (Å²) >= 11 is 0. The molecule has 0 unspecified atom stereocenters. The lowest BCUT2D eigenvalue weighted by Crippen LogP contribution is -2.40. The predicted octanol–water partition coefficient (Wildman–Crippen LogP) is 2.51. The van der Waals surface area contributed by atoms with Crippen LogP contribution >= 0.6 is 0 Å². The molecule has 0 radical (unpaired) electrons. The van der Waals surface area contributed by atoms with Crippen LogP contribution in [0.25, 0.3) is 5.69 Å². The standard InChI is InChI=1S/C19H26N4O2/c1-14-12-15(2)23(22-14)17-7-5-16(6-8-17)9-10-20-19(24)21-13-18-4-3-11-25-18/h5-8,12,18H,3-4,9-11,13H2,1-2H3,(H2,20,21,24)/t18-/m0/s1. The van der Waals surface area contributed by atoms with E-state index in [0.717, 1.165) is 42.9 Å². The minimum atomic E-state index is -0.130. The van der Waals surface area contributed by atoms with Crippen molar-refractivity contribution in [1.29, 1.82) is 0 Å². The summed E-state index contributed by atoms with van der Waals surface area (Å²) in [6.07, 6.45) is 3.08. The van der Waals surface area contributed by atoms with Crippen molar-refractivity contribution in [2.24, 2.45) is 0 Å². The maximum absolute atomic E-state index is 11.8. The summed E-state index contributed by atoms with van der Waals surface area (Å²) in [6, 6.07) is 10.2. The summed E-state index contributed by atoms with van der Waals surface area (Å²) in [6.45, 7) is 6.04. The van der Waals surface area contributed by atoms with Crippen LogP contribution in [0.4, 0.5) is 4.79 Å². The molecule has 6 heteroatoms. The third kappa shape index (κ3) is 4.82. The number of carbonyl (C=O) groups excluding carboxylic acids is 1. The van der Waals surface area contributed by atoms with Gasteiger partial charge in [0.15, 0.2) is 0 Å². The second kappa shape index (κ2) is 8.16. The summed E-state index contributed by atoms with van der Waals surface area (Å²) in [7, 11) is 0. The van der Waals surface area contributed by atoms with Gasteiger partial charge in [0.2, 0.25) is 0 Å². The molecule has 25 heavy (non-hydrogen) atoms. The quantitative estimate of drug-likeness (QED) is 0.847. The molecule has 0 spiro atoms. The van der Waals surface area contributed by atoms with Gasteiger partial charge >= 0.3 is 6.03 Å². The topological polar surface area (TPSA) is 68.2 Å². The van der Waals surface area contributed by atoms with Crippen molar-refractivity contribution >= 4 is 6.03 Å². The van der Waals surface area contributed by atoms with Gasteiger partial charge in [0, 0.05) is 25.4 Å². The number of carbonyl (C=O) groups is 1. The number of urea groups is 1. The van der Waals surface area contributed by atoms with Gasteiger partial charge in [0.05, 0.1) is 17.5 Å². The third-order valence-electron chi connectivity index (χ3n) is 4.40. The van der Waals surface area contributed by atoms with Crippen molar-refractivity contribution in [2.75, 3.05) is 19.7 Å². The van der Waals surface area contributed by atoms with Crippen LogP contribution in [0.15, 0.2) is 30.3 Å². The van der Waals surface area contributed by atoms with Crippen LogP contribution in [0.1, 0.15) is 29.8 Å². The number of hydrogen-bond donors (Lipinski definition) is 2. The molecule has 1 aromatic heterocycles. The highest BCUT2D eigenvalue weighted by Gasteiger charge is 2.15. The molecular weight excluding hydrogens is 316 g/mol. The molecule has 1 aliphatic heterocycles. The van der Waals surface area contributed by atoms with Crippen molar-refractivity contribution in [3.63, 3.8) is 0 Å². The summed E-state index contributed by atoms with van der Waals surface area (Å²) in [4.78, 5) is 11.8. The first-order chi connectivity index (χ1) is 12.1. The molecule has 134 valence electrons. The van der Waals surface area contributed by atoms with E-state index in [-0.39, 0.29) is 12.1 Å². The van der Waals surface area contributed by atoms with Crippen molar-refractivity contribution in [3.8, 4) is 5.69 Å². The zero-order valence-corrected chi connectivity index (χ0v) is 14.9. The van der Waals surface area contributed by atoms with Gasteiger partial charge in [-0.3, -0.25) is 0 Å². The summed E-state index contributed by atoms with van der Waals surface area (Å²) < 4.78 is 7.43. The lowest BCUT2D eigenvalue weighted by atomic mass is 10.1. The van der Waals surface area contributed by atoms with Crippen LogP contribution in [0.3, 0.4) is 0 Å². The Balaban J connectivity index is 1.42. The van der Waals surface area contributed by atoms with Gasteiger partial charge in [-0.2, -0.15) is 5.10 Å². The minimum Gasteiger partial charge on any atom is -0.376 e. The summed E-state index contributed by atoms with van der Waals surface area (Å²) in [5, 5.41) is 10.2. The molecule has 2 N–H and O–H groups in total. The van der Waals surface area contributed by atoms with E-state index in [1.165, 1.54) is 5.56 Å². The van der Waals surface area contributed by atoms with Gasteiger partial charge in [-0.1, -0.05) is 12.1 Å². The second-order valence-electron chi connectivity index (χ2n) is 6.53. The number of benzene rings is 1. The van der Waals surface area contributed by atoms with Gasteiger partial charge in [-0.15, -0.1) is 0 Å². The lowest BCUT2D eigenvalue weighted by molar-refractivity contribution is 0.111. The van der Waals surface area contributed by atoms with Gasteiger partial charge < -0.3 is 15.4 Å². The van der Waals surface area contributed by atoms with E-state index < -0.39 is 0 Å². The molecule has 1 fully saturated rings. The maximum atomic E-state index is 11.8. The Kier molecular flexibility index (Phi) is 5.71. The second-order valence-corrected chi connectivity index (χ2v) is 6.53. The SMILES string of the molecule is Cc1cc(C)n(-c2ccc(CCNC(=O)NC[C@@H]3CCCO3)cc2)n1. The summed E-state index contributed by atoms with van der Waals surface area (Å²) in [5.41, 5.74) is 4.37. The van der Waals surface area contributed by atoms with Gasteiger partial charge in [-0.25, -0.2) is 9.48 Å². The van der Waals surface area contributed by atoms with E-state index in [4.69, 9.17) is 4.74 Å². The van der Waals surface area contributed by atoms with Crippen LogP contribution in [0, 0.1) is 13.8 Å². The molecule has 1 aliphatic rings. The smallest absolute Gasteiger partial charge is 0.314 e. The average molecular weight is 342 g/mol. The van der Waals surface area contributed by atoms with Crippen LogP contribution in [0.5, 0.6) is 0 Å². The van der Waals surface area contributed by atoms with E-state index in [1.54, 1.807) is 0 Å². The van der Waals surface area contributed by atoms with E-state index in [2.05, 4.69) is 46.1 Å². The Labute approximate surface area is 148 Å². The maximum Gasteiger partial charge on any atom is 0.314 e. The fraction of sp³-hybridized carbons (Fsp3) is 0.474. The zero-order valence-electron chi connectivity index (χ0n) is 14.9. The molecule has 1 saturated heterocycles.